The van der Waals surface area contributed by atoms with Gasteiger partial charge in [0.15, 0.2) is 5.75 Å². The van der Waals surface area contributed by atoms with Crippen LogP contribution >= 0.6 is 11.6 Å². The van der Waals surface area contributed by atoms with Crippen molar-refractivity contribution in [2.45, 2.75) is 25.2 Å². The number of halogens is 1. The lowest BCUT2D eigenvalue weighted by atomic mass is 10.3. The monoisotopic (exact) mass is 474 g/mol. The quantitative estimate of drug-likeness (QED) is 0.416. The highest BCUT2D eigenvalue weighted by Crippen LogP contribution is 2.35. The van der Waals surface area contributed by atoms with E-state index in [2.05, 4.69) is 10.0 Å². The van der Waals surface area contributed by atoms with Gasteiger partial charge in [0.2, 0.25) is 5.91 Å². The molecule has 3 rings (SSSR count). The molecule has 0 aliphatic rings. The maximum Gasteiger partial charge on any atom is 0.262 e. The number of anilines is 2. The van der Waals surface area contributed by atoms with Crippen LogP contribution < -0.4 is 19.5 Å². The van der Waals surface area contributed by atoms with Crippen molar-refractivity contribution >= 4 is 38.9 Å². The van der Waals surface area contributed by atoms with Crippen molar-refractivity contribution in [1.82, 2.24) is 0 Å². The topological polar surface area (TPSA) is 93.7 Å². The van der Waals surface area contributed by atoms with Crippen molar-refractivity contribution in [3.8, 4) is 17.2 Å². The first-order chi connectivity index (χ1) is 15.3. The Hall–Kier alpha value is -3.23. The molecule has 0 atom stereocenters. The number of ether oxygens (including phenoxy) is 2. The van der Waals surface area contributed by atoms with Gasteiger partial charge in [-0.1, -0.05) is 36.7 Å². The van der Waals surface area contributed by atoms with E-state index in [0.29, 0.717) is 23.1 Å². The van der Waals surface area contributed by atoms with Gasteiger partial charge in [-0.05, 0) is 55.5 Å². The third kappa shape index (κ3) is 5.93. The minimum Gasteiger partial charge on any atom is -0.492 e. The number of carbonyl (C=O) groups is 1. The summed E-state index contributed by atoms with van der Waals surface area (Å²) in [5.74, 6) is 0.946. The van der Waals surface area contributed by atoms with Gasteiger partial charge in [0.25, 0.3) is 10.0 Å². The first-order valence-electron chi connectivity index (χ1n) is 9.94. The number of benzene rings is 3. The summed E-state index contributed by atoms with van der Waals surface area (Å²) in [6.07, 6.45) is 0.240. The van der Waals surface area contributed by atoms with Crippen molar-refractivity contribution in [1.29, 1.82) is 0 Å². The number of nitrogens with one attached hydrogen (secondary N) is 2. The molecule has 1 amide bonds. The van der Waals surface area contributed by atoms with E-state index in [1.165, 1.54) is 24.3 Å². The molecule has 0 saturated heterocycles. The Bertz CT molecular complexity index is 1200. The molecule has 3 aromatic carbocycles. The molecule has 0 saturated carbocycles. The van der Waals surface area contributed by atoms with Crippen molar-refractivity contribution in [2.24, 2.45) is 0 Å². The molecule has 9 heteroatoms. The Morgan fingerprint density at radius 3 is 2.34 bits per heavy atom. The van der Waals surface area contributed by atoms with Gasteiger partial charge in [0.1, 0.15) is 11.5 Å². The average Bonchev–Trinajstić information content (AvgIpc) is 2.77. The maximum atomic E-state index is 13.1. The molecule has 0 aromatic heterocycles. The Morgan fingerprint density at radius 2 is 1.66 bits per heavy atom. The van der Waals surface area contributed by atoms with Crippen LogP contribution in [0.3, 0.4) is 0 Å². The molecule has 32 heavy (non-hydrogen) atoms. The molecule has 7 nitrogen and oxygen atoms in total. The molecule has 0 bridgehead atoms. The fraction of sp³-hybridized carbons (Fsp3) is 0.174. The number of para-hydroxylation sites is 1. The molecular formula is C23H23ClN2O5S. The van der Waals surface area contributed by atoms with Crippen LogP contribution in [0.4, 0.5) is 11.4 Å². The standard InChI is InChI=1S/C23H23ClN2O5S/c1-3-23(27)25-19-15-18(11-13-21(19)30-4-2)32(28,29)26-20-14-16(24)10-12-22(20)31-17-8-6-5-7-9-17/h5-15,26H,3-4H2,1-2H3,(H,25,27). The molecule has 0 unspecified atom stereocenters. The Labute approximate surface area is 192 Å². The molecule has 0 heterocycles. The van der Waals surface area contributed by atoms with Gasteiger partial charge in [-0.25, -0.2) is 8.42 Å². The lowest BCUT2D eigenvalue weighted by molar-refractivity contribution is -0.115. The number of hydrogen-bond donors (Lipinski definition) is 2. The van der Waals surface area contributed by atoms with E-state index in [9.17, 15) is 13.2 Å². The molecule has 2 N–H and O–H groups in total. The molecule has 0 aliphatic carbocycles. The van der Waals surface area contributed by atoms with E-state index < -0.39 is 10.0 Å². The first-order valence-corrected chi connectivity index (χ1v) is 11.8. The summed E-state index contributed by atoms with van der Waals surface area (Å²) in [7, 11) is -4.04. The van der Waals surface area contributed by atoms with E-state index >= 15 is 0 Å². The molecular weight excluding hydrogens is 452 g/mol. The number of rotatable bonds is 9. The summed E-state index contributed by atoms with van der Waals surface area (Å²) in [5.41, 5.74) is 0.447. The van der Waals surface area contributed by atoms with Crippen LogP contribution in [0.15, 0.2) is 71.6 Å². The van der Waals surface area contributed by atoms with Gasteiger partial charge in [0.05, 0.1) is 22.9 Å². The summed E-state index contributed by atoms with van der Waals surface area (Å²) >= 11 is 6.09. The van der Waals surface area contributed by atoms with Crippen molar-refractivity contribution in [3.63, 3.8) is 0 Å². The first kappa shape index (κ1) is 23.4. The highest BCUT2D eigenvalue weighted by atomic mass is 35.5. The number of sulfonamides is 1. The van der Waals surface area contributed by atoms with Gasteiger partial charge in [-0.3, -0.25) is 9.52 Å². The highest BCUT2D eigenvalue weighted by molar-refractivity contribution is 7.92. The normalized spacial score (nSPS) is 11.0. The fourth-order valence-electron chi connectivity index (χ4n) is 2.78. The Morgan fingerprint density at radius 1 is 0.938 bits per heavy atom. The summed E-state index contributed by atoms with van der Waals surface area (Å²) in [6, 6.07) is 17.9. The lowest BCUT2D eigenvalue weighted by Gasteiger charge is -2.16. The summed E-state index contributed by atoms with van der Waals surface area (Å²) < 4.78 is 40.1. The number of carbonyl (C=O) groups excluding carboxylic acids is 1. The number of hydrogen-bond acceptors (Lipinski definition) is 5. The minimum atomic E-state index is -4.04. The van der Waals surface area contributed by atoms with E-state index in [4.69, 9.17) is 21.1 Å². The van der Waals surface area contributed by atoms with Gasteiger partial charge in [-0.2, -0.15) is 0 Å². The molecule has 0 spiro atoms. The van der Waals surface area contributed by atoms with Crippen LogP contribution in [0.25, 0.3) is 0 Å². The Balaban J connectivity index is 1.94. The zero-order chi connectivity index (χ0) is 23.1. The van der Waals surface area contributed by atoms with Gasteiger partial charge in [0, 0.05) is 11.4 Å². The van der Waals surface area contributed by atoms with E-state index in [1.807, 2.05) is 6.07 Å². The van der Waals surface area contributed by atoms with Crippen LogP contribution in [-0.4, -0.2) is 20.9 Å². The molecule has 0 radical (unpaired) electrons. The van der Waals surface area contributed by atoms with E-state index in [-0.39, 0.29) is 34.3 Å². The molecule has 0 aliphatic heterocycles. The zero-order valence-electron chi connectivity index (χ0n) is 17.6. The van der Waals surface area contributed by atoms with Gasteiger partial charge >= 0.3 is 0 Å². The van der Waals surface area contributed by atoms with Crippen molar-refractivity contribution in [3.05, 3.63) is 71.8 Å². The largest absolute Gasteiger partial charge is 0.492 e. The second kappa shape index (κ2) is 10.4. The second-order valence-electron chi connectivity index (χ2n) is 6.65. The SMILES string of the molecule is CCOc1ccc(S(=O)(=O)Nc2cc(Cl)ccc2Oc2ccccc2)cc1NC(=O)CC. The predicted octanol–water partition coefficient (Wildman–Crippen LogP) is 5.68. The van der Waals surface area contributed by atoms with Crippen LogP contribution in [0.5, 0.6) is 17.2 Å². The molecule has 168 valence electrons. The van der Waals surface area contributed by atoms with Crippen LogP contribution in [-0.2, 0) is 14.8 Å². The van der Waals surface area contributed by atoms with Crippen LogP contribution in [0.2, 0.25) is 5.02 Å². The summed E-state index contributed by atoms with van der Waals surface area (Å²) in [4.78, 5) is 11.8. The maximum absolute atomic E-state index is 13.1. The number of amides is 1. The Kier molecular flexibility index (Phi) is 7.61. The second-order valence-corrected chi connectivity index (χ2v) is 8.77. The van der Waals surface area contributed by atoms with Gasteiger partial charge in [-0.15, -0.1) is 0 Å². The zero-order valence-corrected chi connectivity index (χ0v) is 19.2. The summed E-state index contributed by atoms with van der Waals surface area (Å²) in [6.45, 7) is 3.86. The predicted molar refractivity (Wildman–Crippen MR) is 125 cm³/mol. The highest BCUT2D eigenvalue weighted by Gasteiger charge is 2.20. The third-order valence-corrected chi connectivity index (χ3v) is 5.91. The van der Waals surface area contributed by atoms with Crippen molar-refractivity contribution < 1.29 is 22.7 Å². The average molecular weight is 475 g/mol. The van der Waals surface area contributed by atoms with Crippen LogP contribution in [0.1, 0.15) is 20.3 Å². The smallest absolute Gasteiger partial charge is 0.262 e. The van der Waals surface area contributed by atoms with Gasteiger partial charge < -0.3 is 14.8 Å². The van der Waals surface area contributed by atoms with Crippen molar-refractivity contribution in [2.75, 3.05) is 16.6 Å². The summed E-state index contributed by atoms with van der Waals surface area (Å²) in [5, 5.41) is 3.01. The molecule has 3 aromatic rings. The molecule has 0 fully saturated rings. The van der Waals surface area contributed by atoms with E-state index in [1.54, 1.807) is 50.2 Å². The van der Waals surface area contributed by atoms with E-state index in [0.717, 1.165) is 0 Å². The lowest BCUT2D eigenvalue weighted by Crippen LogP contribution is -2.15. The fourth-order valence-corrected chi connectivity index (χ4v) is 4.04. The van der Waals surface area contributed by atoms with Crippen LogP contribution in [0, 0.1) is 0 Å². The minimum absolute atomic E-state index is 0.0574. The third-order valence-electron chi connectivity index (χ3n) is 4.31.